The van der Waals surface area contributed by atoms with Gasteiger partial charge in [-0.3, -0.25) is 9.59 Å². The Labute approximate surface area is 149 Å². The summed E-state index contributed by atoms with van der Waals surface area (Å²) in [5, 5.41) is 3.11. The molecule has 1 aromatic rings. The van der Waals surface area contributed by atoms with Gasteiger partial charge in [0, 0.05) is 36.0 Å². The number of hydrogen-bond acceptors (Lipinski definition) is 3. The normalized spacial score (nSPS) is 22.0. The third-order valence-corrected chi connectivity index (χ3v) is 5.81. The monoisotopic (exact) mass is 389 g/mol. The van der Waals surface area contributed by atoms with Crippen molar-refractivity contribution in [3.63, 3.8) is 0 Å². The van der Waals surface area contributed by atoms with Gasteiger partial charge in [0.05, 0.1) is 11.3 Å². The fraction of sp³-hybridized carbons (Fsp3) is 0.444. The molecular formula is C18H20BrN3O2. The molecule has 5 nitrogen and oxygen atoms in total. The van der Waals surface area contributed by atoms with E-state index in [4.69, 9.17) is 0 Å². The summed E-state index contributed by atoms with van der Waals surface area (Å²) >= 11 is 3.42. The first-order valence-corrected chi connectivity index (χ1v) is 9.01. The number of rotatable bonds is 2. The van der Waals surface area contributed by atoms with E-state index in [2.05, 4.69) is 45.7 Å². The second-order valence-corrected chi connectivity index (χ2v) is 8.43. The maximum absolute atomic E-state index is 13.0. The first-order valence-electron chi connectivity index (χ1n) is 8.22. The molecule has 2 aliphatic heterocycles. The molecule has 0 spiro atoms. The van der Waals surface area contributed by atoms with Gasteiger partial charge in [-0.05, 0) is 29.9 Å². The molecule has 0 saturated heterocycles. The van der Waals surface area contributed by atoms with Crippen molar-refractivity contribution in [2.75, 3.05) is 13.1 Å². The van der Waals surface area contributed by atoms with Crippen LogP contribution >= 0.6 is 15.9 Å². The molecule has 3 heterocycles. The third kappa shape index (κ3) is 2.27. The first-order chi connectivity index (χ1) is 11.4. The summed E-state index contributed by atoms with van der Waals surface area (Å²) in [5.74, 6) is -0.0249. The van der Waals surface area contributed by atoms with E-state index in [9.17, 15) is 9.59 Å². The Hall–Kier alpha value is -1.82. The number of allylic oxidation sites excluding steroid dienone is 1. The zero-order valence-corrected chi connectivity index (χ0v) is 15.4. The van der Waals surface area contributed by atoms with E-state index in [1.54, 1.807) is 11.1 Å². The van der Waals surface area contributed by atoms with Gasteiger partial charge in [0.2, 0.25) is 0 Å². The van der Waals surface area contributed by atoms with E-state index < -0.39 is 0 Å². The Morgan fingerprint density at radius 3 is 2.83 bits per heavy atom. The highest BCUT2D eigenvalue weighted by molar-refractivity contribution is 9.11. The Morgan fingerprint density at radius 2 is 2.08 bits per heavy atom. The molecule has 0 fully saturated rings. The predicted octanol–water partition coefficient (Wildman–Crippen LogP) is 2.36. The van der Waals surface area contributed by atoms with Crippen molar-refractivity contribution < 1.29 is 9.59 Å². The minimum atomic E-state index is -0.0249. The number of nitrogens with zero attached hydrogens (tertiary/aromatic N) is 2. The Kier molecular flexibility index (Phi) is 3.49. The minimum Gasteiger partial charge on any atom is -0.385 e. The highest BCUT2D eigenvalue weighted by atomic mass is 79.9. The van der Waals surface area contributed by atoms with Crippen molar-refractivity contribution in [2.24, 2.45) is 5.41 Å². The number of halogens is 1. The van der Waals surface area contributed by atoms with E-state index >= 15 is 0 Å². The van der Waals surface area contributed by atoms with Gasteiger partial charge >= 0.3 is 0 Å². The molecule has 0 bridgehead atoms. The van der Waals surface area contributed by atoms with Gasteiger partial charge in [0.15, 0.2) is 6.29 Å². The number of fused-ring (bicyclic) bond motifs is 3. The molecule has 1 amide bonds. The van der Waals surface area contributed by atoms with E-state index in [0.29, 0.717) is 24.4 Å². The van der Waals surface area contributed by atoms with Gasteiger partial charge < -0.3 is 14.8 Å². The Balaban J connectivity index is 1.70. The molecule has 24 heavy (non-hydrogen) atoms. The average molecular weight is 390 g/mol. The lowest BCUT2D eigenvalue weighted by atomic mass is 9.90. The molecule has 4 rings (SSSR count). The smallest absolute Gasteiger partial charge is 0.275 e. The number of aldehydes is 1. The van der Waals surface area contributed by atoms with Gasteiger partial charge in [0.25, 0.3) is 5.91 Å². The van der Waals surface area contributed by atoms with E-state index in [1.165, 1.54) is 11.3 Å². The van der Waals surface area contributed by atoms with E-state index in [0.717, 1.165) is 35.8 Å². The van der Waals surface area contributed by atoms with Crippen LogP contribution in [0.5, 0.6) is 0 Å². The second kappa shape index (κ2) is 5.34. The molecule has 0 aromatic carbocycles. The molecule has 126 valence electrons. The number of nitrogens with one attached hydrogen (secondary N) is 1. The van der Waals surface area contributed by atoms with Crippen LogP contribution in [0, 0.1) is 5.41 Å². The SMILES string of the molecule is CC1(C)Cc2cc3n(c2C1)CCN(C1=CNCC(Br)=C1C=O)C3=O. The highest BCUT2D eigenvalue weighted by Crippen LogP contribution is 2.39. The van der Waals surface area contributed by atoms with Crippen LogP contribution in [0.3, 0.4) is 0 Å². The predicted molar refractivity (Wildman–Crippen MR) is 94.8 cm³/mol. The topological polar surface area (TPSA) is 54.3 Å². The van der Waals surface area contributed by atoms with E-state index in [-0.39, 0.29) is 11.3 Å². The summed E-state index contributed by atoms with van der Waals surface area (Å²) in [6, 6.07) is 2.05. The number of carbonyl (C=O) groups is 2. The second-order valence-electron chi connectivity index (χ2n) is 7.47. The van der Waals surface area contributed by atoms with Crippen LogP contribution in [0.25, 0.3) is 0 Å². The van der Waals surface area contributed by atoms with Crippen LogP contribution in [0.15, 0.2) is 28.0 Å². The van der Waals surface area contributed by atoms with Crippen molar-refractivity contribution in [1.82, 2.24) is 14.8 Å². The van der Waals surface area contributed by atoms with Crippen LogP contribution in [0.4, 0.5) is 0 Å². The number of amides is 1. The molecule has 1 aromatic heterocycles. The van der Waals surface area contributed by atoms with Gasteiger partial charge in [0.1, 0.15) is 5.69 Å². The van der Waals surface area contributed by atoms with Crippen LogP contribution < -0.4 is 5.32 Å². The largest absolute Gasteiger partial charge is 0.385 e. The standard InChI is InChI=1S/C18H20BrN3O2/c1-18(2)6-11-5-14-17(24)22(4-3-21(14)15(11)7-18)16-9-20-8-13(19)12(16)10-23/h5,9-10,20H,3-4,6-8H2,1-2H3. The van der Waals surface area contributed by atoms with E-state index in [1.807, 2.05) is 0 Å². The molecule has 0 saturated carbocycles. The van der Waals surface area contributed by atoms with Crippen LogP contribution in [-0.2, 0) is 24.2 Å². The number of dihydropyridines is 1. The van der Waals surface area contributed by atoms with Gasteiger partial charge in [-0.15, -0.1) is 0 Å². The van der Waals surface area contributed by atoms with Gasteiger partial charge in [-0.1, -0.05) is 29.8 Å². The molecule has 6 heteroatoms. The maximum Gasteiger partial charge on any atom is 0.275 e. The summed E-state index contributed by atoms with van der Waals surface area (Å²) in [6.07, 6.45) is 4.62. The lowest BCUT2D eigenvalue weighted by Gasteiger charge is -2.33. The molecule has 0 unspecified atom stereocenters. The number of carbonyl (C=O) groups excluding carboxylic acids is 2. The number of aromatic nitrogens is 1. The lowest BCUT2D eigenvalue weighted by molar-refractivity contribution is -0.104. The molecule has 1 N–H and O–H groups in total. The quantitative estimate of drug-likeness (QED) is 0.789. The van der Waals surface area contributed by atoms with Crippen LogP contribution in [-0.4, -0.2) is 34.7 Å². The molecule has 0 atom stereocenters. The molecule has 3 aliphatic rings. The molecular weight excluding hydrogens is 370 g/mol. The van der Waals surface area contributed by atoms with Gasteiger partial charge in [-0.25, -0.2) is 0 Å². The van der Waals surface area contributed by atoms with Crippen molar-refractivity contribution in [1.29, 1.82) is 0 Å². The zero-order valence-electron chi connectivity index (χ0n) is 13.9. The summed E-state index contributed by atoms with van der Waals surface area (Å²) in [5.41, 5.74) is 4.84. The first kappa shape index (κ1) is 15.7. The number of hydrogen-bond donors (Lipinski definition) is 1. The van der Waals surface area contributed by atoms with Crippen molar-refractivity contribution in [3.8, 4) is 0 Å². The summed E-state index contributed by atoms with van der Waals surface area (Å²) < 4.78 is 2.96. The summed E-state index contributed by atoms with van der Waals surface area (Å²) in [4.78, 5) is 26.2. The van der Waals surface area contributed by atoms with Crippen molar-refractivity contribution in [2.45, 2.75) is 33.2 Å². The van der Waals surface area contributed by atoms with Crippen LogP contribution in [0.1, 0.15) is 35.6 Å². The third-order valence-electron chi connectivity index (χ3n) is 5.10. The van der Waals surface area contributed by atoms with Crippen molar-refractivity contribution >= 4 is 28.1 Å². The highest BCUT2D eigenvalue weighted by Gasteiger charge is 2.37. The lowest BCUT2D eigenvalue weighted by Crippen LogP contribution is -2.42. The Morgan fingerprint density at radius 1 is 1.29 bits per heavy atom. The zero-order chi connectivity index (χ0) is 17.1. The van der Waals surface area contributed by atoms with Crippen molar-refractivity contribution in [3.05, 3.63) is 45.0 Å². The molecule has 1 aliphatic carbocycles. The minimum absolute atomic E-state index is 0.0249. The molecule has 0 radical (unpaired) electrons. The summed E-state index contributed by atoms with van der Waals surface area (Å²) in [6.45, 7) is 6.47. The fourth-order valence-electron chi connectivity index (χ4n) is 4.04. The average Bonchev–Trinajstić information content (AvgIpc) is 3.00. The summed E-state index contributed by atoms with van der Waals surface area (Å²) in [7, 11) is 0. The Bertz CT molecular complexity index is 816. The van der Waals surface area contributed by atoms with Gasteiger partial charge in [-0.2, -0.15) is 0 Å². The fourth-order valence-corrected chi connectivity index (χ4v) is 4.50. The maximum atomic E-state index is 13.0. The van der Waals surface area contributed by atoms with Crippen LogP contribution in [0.2, 0.25) is 0 Å².